The van der Waals surface area contributed by atoms with E-state index in [1.165, 1.54) is 18.6 Å². The van der Waals surface area contributed by atoms with Crippen molar-refractivity contribution in [1.82, 2.24) is 15.0 Å². The van der Waals surface area contributed by atoms with E-state index in [9.17, 15) is 22.4 Å². The Hall–Kier alpha value is -3.76. The Kier molecular flexibility index (Phi) is 6.12. The average Bonchev–Trinajstić information content (AvgIpc) is 2.75. The molecule has 1 saturated heterocycles. The third-order valence-corrected chi connectivity index (χ3v) is 5.00. The molecule has 0 atom stereocenters. The van der Waals surface area contributed by atoms with E-state index in [4.69, 9.17) is 4.74 Å². The van der Waals surface area contributed by atoms with Crippen LogP contribution in [0.3, 0.4) is 0 Å². The zero-order valence-electron chi connectivity index (χ0n) is 17.4. The first-order chi connectivity index (χ1) is 15.7. The summed E-state index contributed by atoms with van der Waals surface area (Å²) in [6, 6.07) is 3.88. The van der Waals surface area contributed by atoms with Crippen LogP contribution in [0.15, 0.2) is 49.1 Å². The molecular weight excluding hydrogens is 442 g/mol. The highest BCUT2D eigenvalue weighted by atomic mass is 19.4. The lowest BCUT2D eigenvalue weighted by Gasteiger charge is -2.40. The summed E-state index contributed by atoms with van der Waals surface area (Å²) in [5.74, 6) is -1.42. The Labute approximate surface area is 186 Å². The van der Waals surface area contributed by atoms with E-state index >= 15 is 0 Å². The molecule has 0 bridgehead atoms. The number of nitrogens with one attached hydrogen (secondary N) is 1. The number of benzene rings is 1. The molecule has 7 nitrogen and oxygen atoms in total. The van der Waals surface area contributed by atoms with Gasteiger partial charge in [-0.15, -0.1) is 0 Å². The van der Waals surface area contributed by atoms with Gasteiger partial charge in [0, 0.05) is 24.7 Å². The number of anilines is 2. The van der Waals surface area contributed by atoms with Crippen LogP contribution in [0.5, 0.6) is 5.75 Å². The molecule has 1 aliphatic rings. The van der Waals surface area contributed by atoms with Gasteiger partial charge in [0.2, 0.25) is 0 Å². The fourth-order valence-electron chi connectivity index (χ4n) is 3.33. The molecule has 0 saturated carbocycles. The highest BCUT2D eigenvalue weighted by Crippen LogP contribution is 2.33. The standard InChI is InChI=1S/C22H19F4N5O2/c1-2-13-5-16(10-27-9-13)30-21(32)19-20(29-4-3-28-19)31-11-18(12-31)33-17-7-14(22(24,25)26)6-15(23)8-17/h3-10,18H,2,11-12H2,1H3,(H,30,32). The summed E-state index contributed by atoms with van der Waals surface area (Å²) in [5, 5.41) is 2.74. The summed E-state index contributed by atoms with van der Waals surface area (Å²) < 4.78 is 57.8. The monoisotopic (exact) mass is 461 g/mol. The highest BCUT2D eigenvalue weighted by molar-refractivity contribution is 6.06. The summed E-state index contributed by atoms with van der Waals surface area (Å²) in [7, 11) is 0. The first kappa shape index (κ1) is 22.4. The molecule has 3 aromatic rings. The maximum atomic E-state index is 13.6. The number of rotatable bonds is 6. The second kappa shape index (κ2) is 9.00. The van der Waals surface area contributed by atoms with Crippen molar-refractivity contribution in [3.8, 4) is 5.75 Å². The number of halogens is 4. The van der Waals surface area contributed by atoms with Crippen molar-refractivity contribution in [3.63, 3.8) is 0 Å². The van der Waals surface area contributed by atoms with Crippen molar-refractivity contribution in [2.45, 2.75) is 25.6 Å². The maximum absolute atomic E-state index is 13.6. The highest BCUT2D eigenvalue weighted by Gasteiger charge is 2.35. The van der Waals surface area contributed by atoms with Crippen LogP contribution in [-0.2, 0) is 12.6 Å². The molecule has 1 fully saturated rings. The zero-order chi connectivity index (χ0) is 23.6. The smallest absolute Gasteiger partial charge is 0.416 e. The van der Waals surface area contributed by atoms with Gasteiger partial charge in [-0.1, -0.05) is 6.92 Å². The molecule has 33 heavy (non-hydrogen) atoms. The van der Waals surface area contributed by atoms with Gasteiger partial charge in [0.1, 0.15) is 17.7 Å². The van der Waals surface area contributed by atoms with Crippen LogP contribution in [0.1, 0.15) is 28.5 Å². The second-order valence-electron chi connectivity index (χ2n) is 7.44. The van der Waals surface area contributed by atoms with Crippen LogP contribution in [-0.4, -0.2) is 40.1 Å². The van der Waals surface area contributed by atoms with Gasteiger partial charge in [0.05, 0.1) is 30.5 Å². The number of aryl methyl sites for hydroxylation is 1. The minimum Gasteiger partial charge on any atom is -0.487 e. The van der Waals surface area contributed by atoms with Gasteiger partial charge in [0.15, 0.2) is 11.5 Å². The van der Waals surface area contributed by atoms with E-state index in [0.29, 0.717) is 17.6 Å². The summed E-state index contributed by atoms with van der Waals surface area (Å²) >= 11 is 0. The minimum absolute atomic E-state index is 0.0861. The number of hydrogen-bond acceptors (Lipinski definition) is 6. The molecule has 2 aromatic heterocycles. The quantitative estimate of drug-likeness (QED) is 0.557. The normalized spacial score (nSPS) is 14.0. The van der Waals surface area contributed by atoms with Gasteiger partial charge < -0.3 is 15.0 Å². The molecule has 0 unspecified atom stereocenters. The van der Waals surface area contributed by atoms with Crippen molar-refractivity contribution in [2.24, 2.45) is 0 Å². The van der Waals surface area contributed by atoms with Crippen molar-refractivity contribution < 1.29 is 27.1 Å². The predicted octanol–water partition coefficient (Wildman–Crippen LogP) is 4.11. The number of hydrogen-bond donors (Lipinski definition) is 1. The van der Waals surface area contributed by atoms with Crippen molar-refractivity contribution in [1.29, 1.82) is 0 Å². The van der Waals surface area contributed by atoms with Gasteiger partial charge in [-0.3, -0.25) is 9.78 Å². The number of carbonyl (C=O) groups is 1. The molecule has 11 heteroatoms. The van der Waals surface area contributed by atoms with Crippen molar-refractivity contribution in [2.75, 3.05) is 23.3 Å². The number of nitrogens with zero attached hydrogens (tertiary/aromatic N) is 4. The molecule has 4 rings (SSSR count). The minimum atomic E-state index is -4.68. The summed E-state index contributed by atoms with van der Waals surface area (Å²) in [5.41, 5.74) is 0.444. The topological polar surface area (TPSA) is 80.2 Å². The molecule has 1 N–H and O–H groups in total. The molecular formula is C22H19F4N5O2. The van der Waals surface area contributed by atoms with Crippen LogP contribution in [0, 0.1) is 5.82 Å². The number of carbonyl (C=O) groups excluding carboxylic acids is 1. The second-order valence-corrected chi connectivity index (χ2v) is 7.44. The van der Waals surface area contributed by atoms with Gasteiger partial charge in [-0.05, 0) is 30.2 Å². The third kappa shape index (κ3) is 5.18. The van der Waals surface area contributed by atoms with Crippen LogP contribution < -0.4 is 15.0 Å². The van der Waals surface area contributed by atoms with E-state index in [-0.39, 0.29) is 24.5 Å². The fraction of sp³-hybridized carbons (Fsp3) is 0.273. The van der Waals surface area contributed by atoms with Crippen molar-refractivity contribution >= 4 is 17.4 Å². The van der Waals surface area contributed by atoms with Gasteiger partial charge in [0.25, 0.3) is 5.91 Å². The SMILES string of the molecule is CCc1cncc(NC(=O)c2nccnc2N2CC(Oc3cc(F)cc(C(F)(F)F)c3)C2)c1. The van der Waals surface area contributed by atoms with Gasteiger partial charge in [-0.25, -0.2) is 14.4 Å². The van der Waals surface area contributed by atoms with E-state index in [1.807, 2.05) is 13.0 Å². The molecule has 3 heterocycles. The number of ether oxygens (including phenoxy) is 1. The Bertz CT molecular complexity index is 1170. The molecule has 0 aliphatic carbocycles. The number of aromatic nitrogens is 3. The Morgan fingerprint density at radius 1 is 1.15 bits per heavy atom. The Morgan fingerprint density at radius 2 is 1.91 bits per heavy atom. The van der Waals surface area contributed by atoms with Gasteiger partial charge in [-0.2, -0.15) is 13.2 Å². The third-order valence-electron chi connectivity index (χ3n) is 5.00. The molecule has 1 aliphatic heterocycles. The lowest BCUT2D eigenvalue weighted by molar-refractivity contribution is -0.137. The van der Waals surface area contributed by atoms with E-state index < -0.39 is 29.6 Å². The summed E-state index contributed by atoms with van der Waals surface area (Å²) in [4.78, 5) is 26.9. The Balaban J connectivity index is 1.43. The Morgan fingerprint density at radius 3 is 2.64 bits per heavy atom. The summed E-state index contributed by atoms with van der Waals surface area (Å²) in [6.07, 6.45) is 1.63. The largest absolute Gasteiger partial charge is 0.487 e. The fourth-order valence-corrected chi connectivity index (χ4v) is 3.33. The first-order valence-electron chi connectivity index (χ1n) is 10.1. The number of amides is 1. The molecule has 0 spiro atoms. The van der Waals surface area contributed by atoms with E-state index in [0.717, 1.165) is 24.1 Å². The van der Waals surface area contributed by atoms with Crippen molar-refractivity contribution in [3.05, 3.63) is 71.7 Å². The maximum Gasteiger partial charge on any atom is 0.416 e. The van der Waals surface area contributed by atoms with Crippen LogP contribution in [0.4, 0.5) is 29.1 Å². The van der Waals surface area contributed by atoms with Crippen LogP contribution in [0.25, 0.3) is 0 Å². The zero-order valence-corrected chi connectivity index (χ0v) is 17.4. The molecule has 1 aromatic carbocycles. The average molecular weight is 461 g/mol. The molecule has 0 radical (unpaired) electrons. The molecule has 1 amide bonds. The van der Waals surface area contributed by atoms with Crippen LogP contribution >= 0.6 is 0 Å². The van der Waals surface area contributed by atoms with Crippen LogP contribution in [0.2, 0.25) is 0 Å². The summed E-state index contributed by atoms with van der Waals surface area (Å²) in [6.45, 7) is 2.45. The first-order valence-corrected chi connectivity index (χ1v) is 10.1. The lowest BCUT2D eigenvalue weighted by Crippen LogP contribution is -2.54. The predicted molar refractivity (Wildman–Crippen MR) is 112 cm³/mol. The molecule has 172 valence electrons. The van der Waals surface area contributed by atoms with Gasteiger partial charge >= 0.3 is 6.18 Å². The number of alkyl halides is 3. The van der Waals surface area contributed by atoms with E-state index in [2.05, 4.69) is 20.3 Å². The number of pyridine rings is 1. The van der Waals surface area contributed by atoms with E-state index in [1.54, 1.807) is 11.1 Å². The lowest BCUT2D eigenvalue weighted by atomic mass is 10.1.